The summed E-state index contributed by atoms with van der Waals surface area (Å²) in [5.74, 6) is 0.937. The van der Waals surface area contributed by atoms with Gasteiger partial charge in [-0.05, 0) is 43.1 Å². The van der Waals surface area contributed by atoms with Crippen LogP contribution in [0.5, 0.6) is 0 Å². The van der Waals surface area contributed by atoms with Gasteiger partial charge in [-0.15, -0.1) is 0 Å². The van der Waals surface area contributed by atoms with Crippen molar-refractivity contribution in [2.75, 3.05) is 20.1 Å². The molecule has 0 aromatic heterocycles. The Bertz CT molecular complexity index is 203. The van der Waals surface area contributed by atoms with Crippen LogP contribution < -0.4 is 0 Å². The molecule has 2 fully saturated rings. The van der Waals surface area contributed by atoms with E-state index in [0.29, 0.717) is 5.41 Å². The van der Waals surface area contributed by atoms with Crippen molar-refractivity contribution >= 4 is 0 Å². The molecular weight excluding hydrogens is 158 g/mol. The standard InChI is InChI=1S/C12H23N/c1-10-7-11(2,3)8-13(4)9-12(10)5-6-12/h10H,5-9H2,1-4H3. The van der Waals surface area contributed by atoms with Gasteiger partial charge in [-0.2, -0.15) is 0 Å². The van der Waals surface area contributed by atoms with Gasteiger partial charge in [0.15, 0.2) is 0 Å². The van der Waals surface area contributed by atoms with Crippen LogP contribution in [0.15, 0.2) is 0 Å². The van der Waals surface area contributed by atoms with E-state index in [1.165, 1.54) is 32.4 Å². The van der Waals surface area contributed by atoms with E-state index in [-0.39, 0.29) is 0 Å². The van der Waals surface area contributed by atoms with E-state index in [0.717, 1.165) is 11.3 Å². The van der Waals surface area contributed by atoms with Gasteiger partial charge >= 0.3 is 0 Å². The van der Waals surface area contributed by atoms with Crippen LogP contribution in [-0.2, 0) is 0 Å². The van der Waals surface area contributed by atoms with E-state index in [9.17, 15) is 0 Å². The predicted molar refractivity (Wildman–Crippen MR) is 56.7 cm³/mol. The summed E-state index contributed by atoms with van der Waals surface area (Å²) in [6, 6.07) is 0. The highest BCUT2D eigenvalue weighted by atomic mass is 15.1. The summed E-state index contributed by atoms with van der Waals surface area (Å²) in [5, 5.41) is 0. The van der Waals surface area contributed by atoms with Crippen molar-refractivity contribution in [1.82, 2.24) is 4.90 Å². The summed E-state index contributed by atoms with van der Waals surface area (Å²) in [7, 11) is 2.29. The minimum atomic E-state index is 0.528. The van der Waals surface area contributed by atoms with Gasteiger partial charge in [0.25, 0.3) is 0 Å². The van der Waals surface area contributed by atoms with Gasteiger partial charge in [0.2, 0.25) is 0 Å². The number of hydrogen-bond acceptors (Lipinski definition) is 1. The van der Waals surface area contributed by atoms with Crippen molar-refractivity contribution in [3.8, 4) is 0 Å². The molecule has 2 aliphatic rings. The van der Waals surface area contributed by atoms with E-state index in [4.69, 9.17) is 0 Å². The van der Waals surface area contributed by atoms with Crippen LogP contribution in [0.4, 0.5) is 0 Å². The molecule has 0 amide bonds. The maximum absolute atomic E-state index is 2.55. The maximum atomic E-state index is 2.55. The van der Waals surface area contributed by atoms with Crippen LogP contribution >= 0.6 is 0 Å². The van der Waals surface area contributed by atoms with Gasteiger partial charge < -0.3 is 4.90 Å². The normalized spacial score (nSPS) is 37.4. The zero-order valence-electron chi connectivity index (χ0n) is 9.56. The summed E-state index contributed by atoms with van der Waals surface area (Å²) in [6.07, 6.45) is 4.38. The second-order valence-electron chi connectivity index (χ2n) is 6.30. The van der Waals surface area contributed by atoms with Crippen molar-refractivity contribution in [1.29, 1.82) is 0 Å². The first-order valence-corrected chi connectivity index (χ1v) is 5.62. The van der Waals surface area contributed by atoms with Crippen molar-refractivity contribution in [2.24, 2.45) is 16.7 Å². The molecule has 13 heavy (non-hydrogen) atoms. The molecule has 0 bridgehead atoms. The minimum Gasteiger partial charge on any atom is -0.305 e. The molecule has 2 rings (SSSR count). The summed E-state index contributed by atoms with van der Waals surface area (Å²) < 4.78 is 0. The Kier molecular flexibility index (Phi) is 1.99. The molecule has 0 N–H and O–H groups in total. The van der Waals surface area contributed by atoms with Crippen LogP contribution in [0.25, 0.3) is 0 Å². The first-order chi connectivity index (χ1) is 5.94. The summed E-state index contributed by atoms with van der Waals surface area (Å²) in [4.78, 5) is 2.55. The SMILES string of the molecule is CC1CC(C)(C)CN(C)CC12CC2. The third-order valence-corrected chi connectivity index (χ3v) is 4.08. The van der Waals surface area contributed by atoms with E-state index in [1.807, 2.05) is 0 Å². The fourth-order valence-electron chi connectivity index (χ4n) is 3.40. The van der Waals surface area contributed by atoms with Crippen molar-refractivity contribution in [3.63, 3.8) is 0 Å². The molecule has 1 heteroatoms. The molecule has 1 aliphatic carbocycles. The van der Waals surface area contributed by atoms with Gasteiger partial charge in [0.05, 0.1) is 0 Å². The molecule has 0 aromatic carbocycles. The first kappa shape index (κ1) is 9.51. The molecule has 0 radical (unpaired) electrons. The van der Waals surface area contributed by atoms with Crippen LogP contribution in [-0.4, -0.2) is 25.0 Å². The number of nitrogens with zero attached hydrogens (tertiary/aromatic N) is 1. The van der Waals surface area contributed by atoms with Gasteiger partial charge in [-0.3, -0.25) is 0 Å². The molecule has 1 heterocycles. The monoisotopic (exact) mass is 181 g/mol. The molecule has 1 atom stereocenters. The lowest BCUT2D eigenvalue weighted by molar-refractivity contribution is 0.220. The zero-order valence-corrected chi connectivity index (χ0v) is 9.56. The molecule has 1 saturated heterocycles. The fraction of sp³-hybridized carbons (Fsp3) is 1.00. The quantitative estimate of drug-likeness (QED) is 0.555. The first-order valence-electron chi connectivity index (χ1n) is 5.62. The third-order valence-electron chi connectivity index (χ3n) is 4.08. The molecule has 76 valence electrons. The molecule has 0 aromatic rings. The second-order valence-corrected chi connectivity index (χ2v) is 6.30. The lowest BCUT2D eigenvalue weighted by Crippen LogP contribution is -2.31. The lowest BCUT2D eigenvalue weighted by Gasteiger charge is -2.27. The minimum absolute atomic E-state index is 0.528. The predicted octanol–water partition coefficient (Wildman–Crippen LogP) is 2.76. The highest BCUT2D eigenvalue weighted by molar-refractivity contribution is 5.02. The van der Waals surface area contributed by atoms with Crippen molar-refractivity contribution in [2.45, 2.75) is 40.0 Å². The highest BCUT2D eigenvalue weighted by Crippen LogP contribution is 2.56. The Balaban J connectivity index is 2.14. The van der Waals surface area contributed by atoms with E-state index in [1.54, 1.807) is 0 Å². The molecule has 1 spiro atoms. The van der Waals surface area contributed by atoms with E-state index in [2.05, 4.69) is 32.7 Å². The average Bonchev–Trinajstić information content (AvgIpc) is 2.64. The van der Waals surface area contributed by atoms with E-state index >= 15 is 0 Å². The Hall–Kier alpha value is -0.0400. The zero-order chi connectivity index (χ0) is 9.69. The molecular formula is C12H23N. The number of hydrogen-bond donors (Lipinski definition) is 0. The van der Waals surface area contributed by atoms with Crippen molar-refractivity contribution in [3.05, 3.63) is 0 Å². The van der Waals surface area contributed by atoms with Gasteiger partial charge in [0.1, 0.15) is 0 Å². The molecule has 1 unspecified atom stereocenters. The molecule has 1 nitrogen and oxygen atoms in total. The van der Waals surface area contributed by atoms with Crippen molar-refractivity contribution < 1.29 is 0 Å². The summed E-state index contributed by atoms with van der Waals surface area (Å²) in [6.45, 7) is 9.92. The van der Waals surface area contributed by atoms with Crippen LogP contribution in [0, 0.1) is 16.7 Å². The highest BCUT2D eigenvalue weighted by Gasteiger charge is 2.50. The Labute approximate surface area is 82.5 Å². The Morgan fingerprint density at radius 1 is 1.15 bits per heavy atom. The smallest absolute Gasteiger partial charge is 0.00377 e. The third kappa shape index (κ3) is 1.76. The van der Waals surface area contributed by atoms with Crippen LogP contribution in [0.2, 0.25) is 0 Å². The van der Waals surface area contributed by atoms with Crippen LogP contribution in [0.1, 0.15) is 40.0 Å². The Morgan fingerprint density at radius 3 is 2.31 bits per heavy atom. The fourth-order valence-corrected chi connectivity index (χ4v) is 3.40. The van der Waals surface area contributed by atoms with E-state index < -0.39 is 0 Å². The summed E-state index contributed by atoms with van der Waals surface area (Å²) in [5.41, 5.74) is 1.25. The number of rotatable bonds is 0. The maximum Gasteiger partial charge on any atom is 0.00377 e. The van der Waals surface area contributed by atoms with Gasteiger partial charge in [0, 0.05) is 13.1 Å². The lowest BCUT2D eigenvalue weighted by atomic mass is 9.78. The Morgan fingerprint density at radius 2 is 1.77 bits per heavy atom. The topological polar surface area (TPSA) is 3.24 Å². The second kappa shape index (κ2) is 2.73. The van der Waals surface area contributed by atoms with Gasteiger partial charge in [-0.1, -0.05) is 20.8 Å². The summed E-state index contributed by atoms with van der Waals surface area (Å²) >= 11 is 0. The van der Waals surface area contributed by atoms with Gasteiger partial charge in [-0.25, -0.2) is 0 Å². The van der Waals surface area contributed by atoms with Crippen LogP contribution in [0.3, 0.4) is 0 Å². The molecule has 1 saturated carbocycles. The largest absolute Gasteiger partial charge is 0.305 e. The number of likely N-dealkylation sites (tertiary alicyclic amines) is 1. The molecule has 1 aliphatic heterocycles. The average molecular weight is 181 g/mol.